The van der Waals surface area contributed by atoms with Crippen molar-refractivity contribution in [1.82, 2.24) is 40.2 Å². The van der Waals surface area contributed by atoms with Crippen molar-refractivity contribution in [3.8, 4) is 5.69 Å². The molecular formula is C27H29FN8. The molecule has 36 heavy (non-hydrogen) atoms. The quantitative estimate of drug-likeness (QED) is 0.354. The van der Waals surface area contributed by atoms with Gasteiger partial charge in [-0.3, -0.25) is 9.99 Å². The number of imidazole rings is 1. The smallest absolute Gasteiger partial charge is 0.137 e. The normalized spacial score (nSPS) is 25.3. The monoisotopic (exact) mass is 484 g/mol. The Morgan fingerprint density at radius 3 is 2.78 bits per heavy atom. The van der Waals surface area contributed by atoms with Gasteiger partial charge in [0.05, 0.1) is 29.8 Å². The summed E-state index contributed by atoms with van der Waals surface area (Å²) < 4.78 is 18.0. The van der Waals surface area contributed by atoms with Crippen molar-refractivity contribution in [2.75, 3.05) is 0 Å². The van der Waals surface area contributed by atoms with Crippen molar-refractivity contribution in [3.05, 3.63) is 90.5 Å². The number of hydrazine groups is 2. The Morgan fingerprint density at radius 1 is 1.14 bits per heavy atom. The molecule has 0 saturated heterocycles. The van der Waals surface area contributed by atoms with E-state index in [0.29, 0.717) is 12.6 Å². The molecule has 3 aliphatic carbocycles. The molecule has 4 aromatic heterocycles. The van der Waals surface area contributed by atoms with Gasteiger partial charge in [0.15, 0.2) is 0 Å². The Morgan fingerprint density at radius 2 is 1.97 bits per heavy atom. The van der Waals surface area contributed by atoms with Crippen LogP contribution in [0.4, 0.5) is 4.39 Å². The maximum absolute atomic E-state index is 13.9. The molecule has 4 aliphatic rings. The molecule has 1 atom stereocenters. The second-order valence-corrected chi connectivity index (χ2v) is 10.6. The molecule has 1 aliphatic heterocycles. The Balaban J connectivity index is 1.01. The first kappa shape index (κ1) is 21.6. The van der Waals surface area contributed by atoms with Gasteiger partial charge in [-0.05, 0) is 61.4 Å². The molecule has 0 spiro atoms. The van der Waals surface area contributed by atoms with E-state index in [1.807, 2.05) is 52.7 Å². The van der Waals surface area contributed by atoms with Crippen LogP contribution in [0.5, 0.6) is 0 Å². The second kappa shape index (κ2) is 7.91. The van der Waals surface area contributed by atoms with Gasteiger partial charge in [-0.25, -0.2) is 9.37 Å². The van der Waals surface area contributed by atoms with Crippen molar-refractivity contribution in [3.63, 3.8) is 0 Å². The summed E-state index contributed by atoms with van der Waals surface area (Å²) in [5.74, 6) is 0. The number of rotatable bonds is 8. The molecule has 8 nitrogen and oxygen atoms in total. The van der Waals surface area contributed by atoms with E-state index in [2.05, 4.69) is 63.2 Å². The standard InChI is InChI=1S/C27H29FN8/c1-19(26-16-27(28,17-26)18-26)30-9-20-4-5-25-31-22(13-35(25)12-20)14-36-15-24(32-33-36)21-8-23(11-29-10-21)34-6-2-3-7-34/h2-8,10-13,15,19,30,32-33H,9,14,16-18H2,1H3. The number of nitrogens with zero attached hydrogens (tertiary/aromatic N) is 5. The lowest BCUT2D eigenvalue weighted by atomic mass is 9.40. The third-order valence-corrected chi connectivity index (χ3v) is 7.99. The summed E-state index contributed by atoms with van der Waals surface area (Å²) in [6.45, 7) is 3.57. The van der Waals surface area contributed by atoms with Gasteiger partial charge in [0.2, 0.25) is 0 Å². The van der Waals surface area contributed by atoms with Crippen molar-refractivity contribution >= 4 is 11.3 Å². The second-order valence-electron chi connectivity index (χ2n) is 10.6. The molecule has 0 amide bonds. The van der Waals surface area contributed by atoms with Crippen LogP contribution in [0.15, 0.2) is 73.7 Å². The molecule has 0 radical (unpaired) electrons. The fourth-order valence-electron chi connectivity index (χ4n) is 5.94. The van der Waals surface area contributed by atoms with Crippen LogP contribution in [0, 0.1) is 5.41 Å². The van der Waals surface area contributed by atoms with Crippen molar-refractivity contribution in [1.29, 1.82) is 0 Å². The van der Waals surface area contributed by atoms with Crippen LogP contribution in [-0.2, 0) is 13.1 Å². The molecular weight excluding hydrogens is 455 g/mol. The highest BCUT2D eigenvalue weighted by Gasteiger charge is 2.70. The Kier molecular flexibility index (Phi) is 4.74. The highest BCUT2D eigenvalue weighted by atomic mass is 19.1. The number of fused-ring (bicyclic) bond motifs is 1. The minimum absolute atomic E-state index is 0.184. The van der Waals surface area contributed by atoms with Gasteiger partial charge in [-0.1, -0.05) is 6.07 Å². The van der Waals surface area contributed by atoms with Crippen LogP contribution in [0.25, 0.3) is 17.0 Å². The van der Waals surface area contributed by atoms with Crippen molar-refractivity contribution in [2.24, 2.45) is 5.41 Å². The van der Waals surface area contributed by atoms with Gasteiger partial charge in [0.25, 0.3) is 0 Å². The van der Waals surface area contributed by atoms with Gasteiger partial charge < -0.3 is 19.7 Å². The van der Waals surface area contributed by atoms with Gasteiger partial charge >= 0.3 is 0 Å². The number of nitrogens with one attached hydrogen (secondary N) is 3. The minimum Gasteiger partial charge on any atom is -0.322 e. The van der Waals surface area contributed by atoms with E-state index in [9.17, 15) is 4.39 Å². The lowest BCUT2D eigenvalue weighted by Gasteiger charge is -2.68. The highest BCUT2D eigenvalue weighted by molar-refractivity contribution is 5.65. The SMILES string of the molecule is CC(NCc1ccc2nc(CN3C=C(c4cncc(-n5cccc5)c4)NN3)cn2c1)C12CC(F)(C1)C2. The maximum atomic E-state index is 13.9. The van der Waals surface area contributed by atoms with E-state index in [1.54, 1.807) is 0 Å². The van der Waals surface area contributed by atoms with E-state index in [4.69, 9.17) is 4.98 Å². The van der Waals surface area contributed by atoms with Crippen LogP contribution >= 0.6 is 0 Å². The summed E-state index contributed by atoms with van der Waals surface area (Å²) in [6.07, 6.45) is 16.1. The highest BCUT2D eigenvalue weighted by Crippen LogP contribution is 2.70. The van der Waals surface area contributed by atoms with Gasteiger partial charge in [-0.2, -0.15) is 0 Å². The summed E-state index contributed by atoms with van der Waals surface area (Å²) in [6, 6.07) is 10.6. The first-order chi connectivity index (χ1) is 17.5. The predicted molar refractivity (Wildman–Crippen MR) is 135 cm³/mol. The summed E-state index contributed by atoms with van der Waals surface area (Å²) >= 11 is 0. The Hall–Kier alpha value is -3.69. The predicted octanol–water partition coefficient (Wildman–Crippen LogP) is 3.71. The Labute approximate surface area is 208 Å². The zero-order valence-corrected chi connectivity index (χ0v) is 20.2. The van der Waals surface area contributed by atoms with E-state index < -0.39 is 5.67 Å². The Bertz CT molecular complexity index is 1440. The van der Waals surface area contributed by atoms with Crippen molar-refractivity contribution < 1.29 is 4.39 Å². The number of aromatic nitrogens is 4. The van der Waals surface area contributed by atoms with Gasteiger partial charge in [0.1, 0.15) is 11.3 Å². The molecule has 184 valence electrons. The molecule has 0 aromatic carbocycles. The third-order valence-electron chi connectivity index (χ3n) is 7.99. The lowest BCUT2D eigenvalue weighted by Crippen LogP contribution is -2.70. The number of hydrogen-bond donors (Lipinski definition) is 3. The fraction of sp³-hybridized carbons (Fsp3) is 0.333. The molecule has 2 bridgehead atoms. The molecule has 8 rings (SSSR count). The van der Waals surface area contributed by atoms with E-state index >= 15 is 0 Å². The van der Waals surface area contributed by atoms with Crippen LogP contribution in [0.2, 0.25) is 0 Å². The third kappa shape index (κ3) is 3.66. The van der Waals surface area contributed by atoms with Crippen LogP contribution in [0.3, 0.4) is 0 Å². The summed E-state index contributed by atoms with van der Waals surface area (Å²) in [4.78, 5) is 9.18. The molecule has 4 aromatic rings. The minimum atomic E-state index is -0.846. The first-order valence-electron chi connectivity index (χ1n) is 12.4. The summed E-state index contributed by atoms with van der Waals surface area (Å²) in [7, 11) is 0. The van der Waals surface area contributed by atoms with Crippen LogP contribution < -0.4 is 16.3 Å². The largest absolute Gasteiger partial charge is 0.322 e. The first-order valence-corrected chi connectivity index (χ1v) is 12.4. The van der Waals surface area contributed by atoms with Crippen LogP contribution in [-0.4, -0.2) is 35.7 Å². The molecule has 5 heterocycles. The molecule has 3 saturated carbocycles. The summed E-state index contributed by atoms with van der Waals surface area (Å²) in [5.41, 5.74) is 11.8. The van der Waals surface area contributed by atoms with Crippen LogP contribution in [0.1, 0.15) is 43.0 Å². The zero-order valence-electron chi connectivity index (χ0n) is 20.2. The molecule has 3 fully saturated rings. The maximum Gasteiger partial charge on any atom is 0.137 e. The van der Waals surface area contributed by atoms with Gasteiger partial charge in [0, 0.05) is 55.3 Å². The average Bonchev–Trinajstić information content (AvgIpc) is 3.61. The number of alkyl halides is 1. The topological polar surface area (TPSA) is 74.5 Å². The fourth-order valence-corrected chi connectivity index (χ4v) is 5.94. The average molecular weight is 485 g/mol. The number of hydrogen-bond acceptors (Lipinski definition) is 6. The zero-order chi connectivity index (χ0) is 24.3. The van der Waals surface area contributed by atoms with Gasteiger partial charge in [-0.15, -0.1) is 5.53 Å². The molecule has 3 N–H and O–H groups in total. The van der Waals surface area contributed by atoms with Crippen molar-refractivity contribution in [2.45, 2.75) is 51.0 Å². The molecule has 9 heteroatoms. The number of pyridine rings is 2. The molecule has 1 unspecified atom stereocenters. The van der Waals surface area contributed by atoms with E-state index in [0.717, 1.165) is 54.1 Å². The number of halogens is 1. The van der Waals surface area contributed by atoms with E-state index in [1.165, 1.54) is 5.56 Å². The van der Waals surface area contributed by atoms with E-state index in [-0.39, 0.29) is 5.41 Å². The summed E-state index contributed by atoms with van der Waals surface area (Å²) in [5, 5.41) is 5.60. The lowest BCUT2D eigenvalue weighted by molar-refractivity contribution is -0.226.